The quantitative estimate of drug-likeness (QED) is 0.625. The SMILES string of the molecule is COc1ccccc1-c1nc(C2CCCN(C(=O)c3cc(F)ccc3Cl)C2)no1. The summed E-state index contributed by atoms with van der Waals surface area (Å²) in [5.74, 6) is 0.678. The first-order valence-electron chi connectivity index (χ1n) is 9.28. The summed E-state index contributed by atoms with van der Waals surface area (Å²) in [4.78, 5) is 19.0. The van der Waals surface area contributed by atoms with Gasteiger partial charge in [-0.2, -0.15) is 4.98 Å². The lowest BCUT2D eigenvalue weighted by atomic mass is 9.96. The maximum absolute atomic E-state index is 13.6. The Hall–Kier alpha value is -2.93. The standard InChI is InChI=1S/C21H19ClFN3O3/c1-28-18-7-3-2-6-15(18)20-24-19(25-29-20)13-5-4-10-26(12-13)21(27)16-11-14(23)8-9-17(16)22/h2-3,6-9,11,13H,4-5,10,12H2,1H3. The maximum Gasteiger partial charge on any atom is 0.261 e. The van der Waals surface area contributed by atoms with E-state index in [1.807, 2.05) is 24.3 Å². The highest BCUT2D eigenvalue weighted by Crippen LogP contribution is 2.32. The summed E-state index contributed by atoms with van der Waals surface area (Å²) in [7, 11) is 1.58. The number of methoxy groups -OCH3 is 1. The van der Waals surface area contributed by atoms with Crippen molar-refractivity contribution in [2.24, 2.45) is 0 Å². The molecule has 150 valence electrons. The molecule has 4 rings (SSSR count). The zero-order chi connectivity index (χ0) is 20.4. The van der Waals surface area contributed by atoms with Crippen LogP contribution >= 0.6 is 11.6 Å². The number of benzene rings is 2. The molecule has 2 aromatic carbocycles. The number of carbonyl (C=O) groups is 1. The van der Waals surface area contributed by atoms with Gasteiger partial charge in [-0.1, -0.05) is 28.9 Å². The van der Waals surface area contributed by atoms with E-state index in [4.69, 9.17) is 20.9 Å². The van der Waals surface area contributed by atoms with E-state index >= 15 is 0 Å². The van der Waals surface area contributed by atoms with Gasteiger partial charge in [-0.25, -0.2) is 4.39 Å². The molecule has 0 aliphatic carbocycles. The topological polar surface area (TPSA) is 68.5 Å². The number of carbonyl (C=O) groups excluding carboxylic acids is 1. The Kier molecular flexibility index (Phi) is 5.49. The van der Waals surface area contributed by atoms with Crippen LogP contribution in [0.5, 0.6) is 5.75 Å². The molecule has 8 heteroatoms. The van der Waals surface area contributed by atoms with Crippen LogP contribution in [0.2, 0.25) is 5.02 Å². The highest BCUT2D eigenvalue weighted by atomic mass is 35.5. The monoisotopic (exact) mass is 415 g/mol. The van der Waals surface area contributed by atoms with Crippen LogP contribution in [0, 0.1) is 5.82 Å². The third-order valence-electron chi connectivity index (χ3n) is 5.01. The molecule has 1 amide bonds. The maximum atomic E-state index is 13.6. The summed E-state index contributed by atoms with van der Waals surface area (Å²) < 4.78 is 24.4. The van der Waals surface area contributed by atoms with Crippen molar-refractivity contribution in [3.8, 4) is 17.2 Å². The van der Waals surface area contributed by atoms with Crippen LogP contribution in [0.15, 0.2) is 47.0 Å². The molecule has 0 saturated carbocycles. The van der Waals surface area contributed by atoms with Gasteiger partial charge < -0.3 is 14.2 Å². The molecule has 1 atom stereocenters. The average Bonchev–Trinajstić information content (AvgIpc) is 3.25. The lowest BCUT2D eigenvalue weighted by molar-refractivity contribution is 0.0703. The van der Waals surface area contributed by atoms with Crippen molar-refractivity contribution in [1.29, 1.82) is 0 Å². The molecule has 2 heterocycles. The smallest absolute Gasteiger partial charge is 0.261 e. The lowest BCUT2D eigenvalue weighted by Crippen LogP contribution is -2.39. The van der Waals surface area contributed by atoms with Crippen LogP contribution in [-0.2, 0) is 0 Å². The highest BCUT2D eigenvalue weighted by molar-refractivity contribution is 6.33. The summed E-state index contributed by atoms with van der Waals surface area (Å²) in [6.45, 7) is 0.982. The van der Waals surface area contributed by atoms with Crippen LogP contribution in [0.4, 0.5) is 4.39 Å². The lowest BCUT2D eigenvalue weighted by Gasteiger charge is -2.31. The first kappa shape index (κ1) is 19.4. The van der Waals surface area contributed by atoms with Crippen LogP contribution in [-0.4, -0.2) is 41.1 Å². The van der Waals surface area contributed by atoms with Crippen molar-refractivity contribution in [1.82, 2.24) is 15.0 Å². The summed E-state index contributed by atoms with van der Waals surface area (Å²) >= 11 is 6.10. The molecular weight excluding hydrogens is 397 g/mol. The number of hydrogen-bond acceptors (Lipinski definition) is 5. The van der Waals surface area contributed by atoms with Crippen molar-refractivity contribution in [3.05, 3.63) is 64.7 Å². The third-order valence-corrected chi connectivity index (χ3v) is 5.34. The molecular formula is C21H19ClFN3O3. The van der Waals surface area contributed by atoms with Gasteiger partial charge >= 0.3 is 0 Å². The molecule has 1 fully saturated rings. The van der Waals surface area contributed by atoms with E-state index in [9.17, 15) is 9.18 Å². The molecule has 0 bridgehead atoms. The van der Waals surface area contributed by atoms with Gasteiger partial charge in [0.05, 0.1) is 23.3 Å². The summed E-state index contributed by atoms with van der Waals surface area (Å²) in [5, 5.41) is 4.36. The largest absolute Gasteiger partial charge is 0.496 e. The Morgan fingerprint density at radius 1 is 1.31 bits per heavy atom. The number of likely N-dealkylation sites (tertiary alicyclic amines) is 1. The van der Waals surface area contributed by atoms with Gasteiger partial charge in [0, 0.05) is 19.0 Å². The van der Waals surface area contributed by atoms with Gasteiger partial charge in [-0.3, -0.25) is 4.79 Å². The second kappa shape index (κ2) is 8.21. The van der Waals surface area contributed by atoms with E-state index in [2.05, 4.69) is 10.1 Å². The number of nitrogens with zero attached hydrogens (tertiary/aromatic N) is 3. The molecule has 3 aromatic rings. The molecule has 6 nitrogen and oxygen atoms in total. The fourth-order valence-corrected chi connectivity index (χ4v) is 3.73. The Labute approximate surface area is 172 Å². The number of halogens is 2. The minimum absolute atomic E-state index is 0.0766. The van der Waals surface area contributed by atoms with Crippen molar-refractivity contribution in [2.45, 2.75) is 18.8 Å². The number of piperidine rings is 1. The van der Waals surface area contributed by atoms with Crippen LogP contribution in [0.1, 0.15) is 34.9 Å². The Balaban J connectivity index is 1.54. The number of hydrogen-bond donors (Lipinski definition) is 0. The predicted molar refractivity (Wildman–Crippen MR) is 106 cm³/mol. The zero-order valence-corrected chi connectivity index (χ0v) is 16.5. The summed E-state index contributed by atoms with van der Waals surface area (Å²) in [6.07, 6.45) is 1.60. The Morgan fingerprint density at radius 3 is 2.97 bits per heavy atom. The molecule has 1 aliphatic heterocycles. The minimum Gasteiger partial charge on any atom is -0.496 e. The molecule has 1 aromatic heterocycles. The second-order valence-electron chi connectivity index (χ2n) is 6.87. The summed E-state index contributed by atoms with van der Waals surface area (Å²) in [5.41, 5.74) is 0.874. The van der Waals surface area contributed by atoms with Crippen molar-refractivity contribution in [3.63, 3.8) is 0 Å². The number of ether oxygens (including phenoxy) is 1. The van der Waals surface area contributed by atoms with Crippen molar-refractivity contribution < 1.29 is 18.4 Å². The van der Waals surface area contributed by atoms with Crippen LogP contribution in [0.3, 0.4) is 0 Å². The number of amides is 1. The van der Waals surface area contributed by atoms with E-state index in [0.717, 1.165) is 12.8 Å². The molecule has 0 spiro atoms. The predicted octanol–water partition coefficient (Wildman–Crippen LogP) is 4.56. The normalized spacial score (nSPS) is 16.7. The molecule has 0 N–H and O–H groups in total. The van der Waals surface area contributed by atoms with Gasteiger partial charge in [-0.05, 0) is 43.2 Å². The fraction of sp³-hybridized carbons (Fsp3) is 0.286. The number of rotatable bonds is 4. The molecule has 29 heavy (non-hydrogen) atoms. The zero-order valence-electron chi connectivity index (χ0n) is 15.8. The average molecular weight is 416 g/mol. The molecule has 1 unspecified atom stereocenters. The van der Waals surface area contributed by atoms with Gasteiger partial charge in [0.25, 0.3) is 11.8 Å². The fourth-order valence-electron chi connectivity index (χ4n) is 3.54. The minimum atomic E-state index is -0.495. The second-order valence-corrected chi connectivity index (χ2v) is 7.28. The highest BCUT2D eigenvalue weighted by Gasteiger charge is 2.30. The Morgan fingerprint density at radius 2 is 2.14 bits per heavy atom. The van der Waals surface area contributed by atoms with Gasteiger partial charge in [0.15, 0.2) is 5.82 Å². The van der Waals surface area contributed by atoms with Gasteiger partial charge in [0.1, 0.15) is 11.6 Å². The molecule has 0 radical (unpaired) electrons. The van der Waals surface area contributed by atoms with E-state index in [1.54, 1.807) is 12.0 Å². The van der Waals surface area contributed by atoms with E-state index in [0.29, 0.717) is 36.1 Å². The first-order valence-corrected chi connectivity index (χ1v) is 9.66. The van der Waals surface area contributed by atoms with E-state index < -0.39 is 5.82 Å². The van der Waals surface area contributed by atoms with E-state index in [-0.39, 0.29) is 22.4 Å². The van der Waals surface area contributed by atoms with Crippen molar-refractivity contribution >= 4 is 17.5 Å². The van der Waals surface area contributed by atoms with Gasteiger partial charge in [0.2, 0.25) is 0 Å². The third kappa shape index (κ3) is 3.96. The van der Waals surface area contributed by atoms with Crippen LogP contribution < -0.4 is 4.74 Å². The van der Waals surface area contributed by atoms with E-state index in [1.165, 1.54) is 18.2 Å². The Bertz CT molecular complexity index is 1040. The first-order chi connectivity index (χ1) is 14.1. The van der Waals surface area contributed by atoms with Crippen LogP contribution in [0.25, 0.3) is 11.5 Å². The number of para-hydroxylation sites is 1. The summed E-state index contributed by atoms with van der Waals surface area (Å²) in [6, 6.07) is 11.2. The number of aromatic nitrogens is 2. The van der Waals surface area contributed by atoms with Gasteiger partial charge in [-0.15, -0.1) is 0 Å². The molecule has 1 aliphatic rings. The van der Waals surface area contributed by atoms with Crippen molar-refractivity contribution in [2.75, 3.05) is 20.2 Å². The molecule has 1 saturated heterocycles.